The number of halogens is 1. The molecule has 20 heavy (non-hydrogen) atoms. The fourth-order valence-corrected chi connectivity index (χ4v) is 2.43. The molecular weight excluding hydrogens is 274 g/mol. The normalized spacial score (nSPS) is 13.4. The number of fused-ring (bicyclic) bond motifs is 1. The molecule has 1 heterocycles. The van der Waals surface area contributed by atoms with Crippen molar-refractivity contribution in [3.63, 3.8) is 0 Å². The number of ether oxygens (including phenoxy) is 1. The van der Waals surface area contributed by atoms with Gasteiger partial charge in [-0.05, 0) is 35.9 Å². The van der Waals surface area contributed by atoms with Gasteiger partial charge in [0.25, 0.3) is 5.91 Å². The molecule has 0 atom stereocenters. The summed E-state index contributed by atoms with van der Waals surface area (Å²) in [6, 6.07) is 14.9. The van der Waals surface area contributed by atoms with E-state index in [2.05, 4.69) is 0 Å². The second-order valence-electron chi connectivity index (χ2n) is 4.69. The van der Waals surface area contributed by atoms with E-state index in [4.69, 9.17) is 16.3 Å². The van der Waals surface area contributed by atoms with E-state index in [-0.39, 0.29) is 5.91 Å². The van der Waals surface area contributed by atoms with E-state index < -0.39 is 0 Å². The van der Waals surface area contributed by atoms with Crippen LogP contribution in [-0.4, -0.2) is 24.0 Å². The monoisotopic (exact) mass is 287 g/mol. The van der Waals surface area contributed by atoms with Crippen LogP contribution >= 0.6 is 11.6 Å². The van der Waals surface area contributed by atoms with Gasteiger partial charge in [-0.2, -0.15) is 0 Å². The molecular formula is C16H14ClNO2. The summed E-state index contributed by atoms with van der Waals surface area (Å²) in [6.45, 7) is 1.72. The molecule has 3 rings (SSSR count). The minimum absolute atomic E-state index is 0.0836. The Bertz CT molecular complexity index is 625. The molecule has 0 radical (unpaired) electrons. The van der Waals surface area contributed by atoms with E-state index in [9.17, 15) is 4.79 Å². The predicted octanol–water partition coefficient (Wildman–Crippen LogP) is 3.37. The van der Waals surface area contributed by atoms with E-state index in [1.807, 2.05) is 36.4 Å². The van der Waals surface area contributed by atoms with E-state index >= 15 is 0 Å². The summed E-state index contributed by atoms with van der Waals surface area (Å²) in [5.74, 6) is 0.846. The molecule has 1 aliphatic rings. The standard InChI is InChI=1S/C16H14ClNO2/c17-13-5-7-14(8-6-13)20-10-9-18-11-12-3-1-2-4-15(12)16(18)19/h1-8H,9-11H2. The van der Waals surface area contributed by atoms with Crippen LogP contribution in [0.3, 0.4) is 0 Å². The molecule has 0 saturated heterocycles. The van der Waals surface area contributed by atoms with Crippen LogP contribution in [-0.2, 0) is 6.54 Å². The summed E-state index contributed by atoms with van der Waals surface area (Å²) in [6.07, 6.45) is 0. The Balaban J connectivity index is 1.56. The van der Waals surface area contributed by atoms with Crippen LogP contribution < -0.4 is 4.74 Å². The molecule has 1 amide bonds. The Morgan fingerprint density at radius 1 is 1.10 bits per heavy atom. The molecule has 0 aromatic heterocycles. The second-order valence-corrected chi connectivity index (χ2v) is 5.12. The van der Waals surface area contributed by atoms with E-state index in [0.717, 1.165) is 16.9 Å². The molecule has 0 N–H and O–H groups in total. The van der Waals surface area contributed by atoms with Gasteiger partial charge in [0.1, 0.15) is 12.4 Å². The summed E-state index contributed by atoms with van der Waals surface area (Å²) in [5.41, 5.74) is 1.89. The molecule has 0 unspecified atom stereocenters. The Hall–Kier alpha value is -2.00. The lowest BCUT2D eigenvalue weighted by molar-refractivity contribution is 0.0753. The van der Waals surface area contributed by atoms with E-state index in [0.29, 0.717) is 24.7 Å². The minimum atomic E-state index is 0.0836. The summed E-state index contributed by atoms with van der Waals surface area (Å²) in [4.78, 5) is 13.9. The van der Waals surface area contributed by atoms with Gasteiger partial charge < -0.3 is 9.64 Å². The zero-order valence-corrected chi connectivity index (χ0v) is 11.6. The summed E-state index contributed by atoms with van der Waals surface area (Å²) < 4.78 is 5.62. The number of hydrogen-bond acceptors (Lipinski definition) is 2. The summed E-state index contributed by atoms with van der Waals surface area (Å²) in [5, 5.41) is 0.683. The van der Waals surface area contributed by atoms with Crippen LogP contribution in [0.15, 0.2) is 48.5 Å². The number of carbonyl (C=O) groups excluding carboxylic acids is 1. The zero-order chi connectivity index (χ0) is 13.9. The van der Waals surface area contributed by atoms with Crippen molar-refractivity contribution in [2.24, 2.45) is 0 Å². The van der Waals surface area contributed by atoms with Gasteiger partial charge in [-0.25, -0.2) is 0 Å². The Morgan fingerprint density at radius 3 is 2.60 bits per heavy atom. The fraction of sp³-hybridized carbons (Fsp3) is 0.188. The molecule has 0 saturated carbocycles. The van der Waals surface area contributed by atoms with Crippen molar-refractivity contribution in [2.45, 2.75) is 6.54 Å². The lowest BCUT2D eigenvalue weighted by Gasteiger charge is -2.16. The van der Waals surface area contributed by atoms with Crippen molar-refractivity contribution in [3.8, 4) is 5.75 Å². The van der Waals surface area contributed by atoms with Gasteiger partial charge in [0.15, 0.2) is 0 Å². The van der Waals surface area contributed by atoms with Crippen LogP contribution in [0.5, 0.6) is 5.75 Å². The van der Waals surface area contributed by atoms with Crippen LogP contribution in [0, 0.1) is 0 Å². The Labute approximate surface area is 122 Å². The number of amides is 1. The highest BCUT2D eigenvalue weighted by Gasteiger charge is 2.26. The van der Waals surface area contributed by atoms with Crippen molar-refractivity contribution in [1.82, 2.24) is 4.90 Å². The first-order valence-electron chi connectivity index (χ1n) is 6.49. The quantitative estimate of drug-likeness (QED) is 0.863. The topological polar surface area (TPSA) is 29.5 Å². The van der Waals surface area contributed by atoms with Crippen molar-refractivity contribution >= 4 is 17.5 Å². The van der Waals surface area contributed by atoms with Crippen LogP contribution in [0.1, 0.15) is 15.9 Å². The fourth-order valence-electron chi connectivity index (χ4n) is 2.30. The molecule has 1 aliphatic heterocycles. The van der Waals surface area contributed by atoms with Gasteiger partial charge in [-0.1, -0.05) is 29.8 Å². The lowest BCUT2D eigenvalue weighted by Crippen LogP contribution is -2.28. The third-order valence-electron chi connectivity index (χ3n) is 3.34. The highest BCUT2D eigenvalue weighted by Crippen LogP contribution is 2.22. The van der Waals surface area contributed by atoms with Gasteiger partial charge in [0.2, 0.25) is 0 Å². The van der Waals surface area contributed by atoms with Crippen molar-refractivity contribution in [1.29, 1.82) is 0 Å². The maximum atomic E-state index is 12.1. The molecule has 3 nitrogen and oxygen atoms in total. The van der Waals surface area contributed by atoms with E-state index in [1.165, 1.54) is 0 Å². The smallest absolute Gasteiger partial charge is 0.254 e. The molecule has 102 valence electrons. The van der Waals surface area contributed by atoms with Crippen LogP contribution in [0.2, 0.25) is 5.02 Å². The van der Waals surface area contributed by atoms with Crippen molar-refractivity contribution in [3.05, 3.63) is 64.7 Å². The molecule has 0 bridgehead atoms. The van der Waals surface area contributed by atoms with Gasteiger partial charge in [0, 0.05) is 17.1 Å². The molecule has 4 heteroatoms. The van der Waals surface area contributed by atoms with Gasteiger partial charge in [-0.15, -0.1) is 0 Å². The number of rotatable bonds is 4. The largest absolute Gasteiger partial charge is 0.492 e. The molecule has 0 aliphatic carbocycles. The van der Waals surface area contributed by atoms with Gasteiger partial charge in [-0.3, -0.25) is 4.79 Å². The maximum absolute atomic E-state index is 12.1. The lowest BCUT2D eigenvalue weighted by atomic mass is 10.1. The Morgan fingerprint density at radius 2 is 1.85 bits per heavy atom. The molecule has 2 aromatic rings. The molecule has 2 aromatic carbocycles. The average Bonchev–Trinajstić information content (AvgIpc) is 2.78. The highest BCUT2D eigenvalue weighted by molar-refractivity contribution is 6.30. The number of hydrogen-bond donors (Lipinski definition) is 0. The summed E-state index contributed by atoms with van der Waals surface area (Å²) in [7, 11) is 0. The second kappa shape index (κ2) is 5.55. The number of benzene rings is 2. The van der Waals surface area contributed by atoms with Crippen molar-refractivity contribution < 1.29 is 9.53 Å². The van der Waals surface area contributed by atoms with Crippen molar-refractivity contribution in [2.75, 3.05) is 13.2 Å². The minimum Gasteiger partial charge on any atom is -0.492 e. The SMILES string of the molecule is O=C1c2ccccc2CN1CCOc1ccc(Cl)cc1. The number of carbonyl (C=O) groups is 1. The third-order valence-corrected chi connectivity index (χ3v) is 3.59. The molecule has 0 spiro atoms. The first kappa shape index (κ1) is 13.0. The molecule has 0 fully saturated rings. The number of nitrogens with zero attached hydrogens (tertiary/aromatic N) is 1. The predicted molar refractivity (Wildman–Crippen MR) is 78.1 cm³/mol. The van der Waals surface area contributed by atoms with E-state index in [1.54, 1.807) is 17.0 Å². The maximum Gasteiger partial charge on any atom is 0.254 e. The van der Waals surface area contributed by atoms with Gasteiger partial charge >= 0.3 is 0 Å². The van der Waals surface area contributed by atoms with Gasteiger partial charge in [0.05, 0.1) is 6.54 Å². The zero-order valence-electron chi connectivity index (χ0n) is 10.9. The van der Waals surface area contributed by atoms with Crippen LogP contribution in [0.4, 0.5) is 0 Å². The highest BCUT2D eigenvalue weighted by atomic mass is 35.5. The Kier molecular flexibility index (Phi) is 3.61. The first-order chi connectivity index (χ1) is 9.74. The van der Waals surface area contributed by atoms with Crippen LogP contribution in [0.25, 0.3) is 0 Å². The first-order valence-corrected chi connectivity index (χ1v) is 6.87. The summed E-state index contributed by atoms with van der Waals surface area (Å²) >= 11 is 5.81. The third kappa shape index (κ3) is 2.63. The average molecular weight is 288 g/mol.